The summed E-state index contributed by atoms with van der Waals surface area (Å²) in [5, 5.41) is 21.0. The second-order valence-electron chi connectivity index (χ2n) is 10.0. The molecule has 32 heavy (non-hydrogen) atoms. The Morgan fingerprint density at radius 2 is 1.53 bits per heavy atom. The van der Waals surface area contributed by atoms with Gasteiger partial charge in [0, 0.05) is 22.2 Å². The first-order valence-corrected chi connectivity index (χ1v) is 12.3. The predicted octanol–water partition coefficient (Wildman–Crippen LogP) is 7.75. The molecule has 0 aliphatic heterocycles. The molecular formula is C25H30Cl2N2O2S. The van der Waals surface area contributed by atoms with E-state index in [1.54, 1.807) is 6.07 Å². The van der Waals surface area contributed by atoms with Crippen molar-refractivity contribution in [3.63, 3.8) is 0 Å². The highest BCUT2D eigenvalue weighted by atomic mass is 35.5. The van der Waals surface area contributed by atoms with Crippen molar-refractivity contribution in [1.82, 2.24) is 10.2 Å². The summed E-state index contributed by atoms with van der Waals surface area (Å²) >= 11 is 13.6. The van der Waals surface area contributed by atoms with Crippen LogP contribution in [0.4, 0.5) is 0 Å². The first-order chi connectivity index (χ1) is 14.8. The molecule has 3 rings (SSSR count). The second-order valence-corrected chi connectivity index (χ2v) is 11.8. The summed E-state index contributed by atoms with van der Waals surface area (Å²) in [4.78, 5) is 0. The van der Waals surface area contributed by atoms with Crippen molar-refractivity contribution in [3.8, 4) is 5.75 Å². The minimum Gasteiger partial charge on any atom is -0.507 e. The van der Waals surface area contributed by atoms with Gasteiger partial charge in [-0.05, 0) is 51.6 Å². The number of aryl methyl sites for hydroxylation is 2. The Balaban J connectivity index is 1.71. The first kappa shape index (κ1) is 24.9. The summed E-state index contributed by atoms with van der Waals surface area (Å²) in [6.07, 6.45) is 1.38. The molecule has 172 valence electrons. The van der Waals surface area contributed by atoms with Gasteiger partial charge >= 0.3 is 0 Å². The fourth-order valence-electron chi connectivity index (χ4n) is 3.41. The summed E-state index contributed by atoms with van der Waals surface area (Å²) < 4.78 is 5.83. The van der Waals surface area contributed by atoms with E-state index in [0.717, 1.165) is 28.7 Å². The number of hydrogen-bond donors (Lipinski definition) is 1. The van der Waals surface area contributed by atoms with Crippen molar-refractivity contribution in [2.24, 2.45) is 0 Å². The lowest BCUT2D eigenvalue weighted by Crippen LogP contribution is -2.18. The van der Waals surface area contributed by atoms with Gasteiger partial charge in [0.1, 0.15) is 5.75 Å². The summed E-state index contributed by atoms with van der Waals surface area (Å²) in [6.45, 7) is 12.7. The van der Waals surface area contributed by atoms with Crippen LogP contribution >= 0.6 is 35.0 Å². The zero-order valence-electron chi connectivity index (χ0n) is 19.4. The lowest BCUT2D eigenvalue weighted by atomic mass is 9.78. The van der Waals surface area contributed by atoms with Gasteiger partial charge in [-0.3, -0.25) is 0 Å². The maximum absolute atomic E-state index is 10.9. The van der Waals surface area contributed by atoms with Crippen LogP contribution in [-0.4, -0.2) is 15.3 Å². The van der Waals surface area contributed by atoms with E-state index < -0.39 is 0 Å². The monoisotopic (exact) mass is 492 g/mol. The molecule has 7 heteroatoms. The Hall–Kier alpha value is -1.69. The predicted molar refractivity (Wildman–Crippen MR) is 133 cm³/mol. The molecule has 0 aliphatic carbocycles. The van der Waals surface area contributed by atoms with Crippen molar-refractivity contribution in [2.45, 2.75) is 76.2 Å². The molecule has 1 N–H and O–H groups in total. The van der Waals surface area contributed by atoms with Gasteiger partial charge in [0.05, 0.1) is 0 Å². The molecule has 0 amide bonds. The topological polar surface area (TPSA) is 59.2 Å². The third-order valence-electron chi connectivity index (χ3n) is 5.23. The largest absolute Gasteiger partial charge is 0.507 e. The van der Waals surface area contributed by atoms with Crippen LogP contribution in [0.25, 0.3) is 0 Å². The van der Waals surface area contributed by atoms with Gasteiger partial charge in [-0.1, -0.05) is 94.7 Å². The van der Waals surface area contributed by atoms with Crippen LogP contribution in [0.1, 0.15) is 69.7 Å². The average molecular weight is 494 g/mol. The van der Waals surface area contributed by atoms with Crippen molar-refractivity contribution in [3.05, 3.63) is 68.5 Å². The fourth-order valence-corrected chi connectivity index (χ4v) is 4.75. The van der Waals surface area contributed by atoms with Crippen LogP contribution in [0, 0.1) is 0 Å². The number of nitrogens with zero attached hydrogens (tertiary/aromatic N) is 2. The normalized spacial score (nSPS) is 12.4. The van der Waals surface area contributed by atoms with Crippen molar-refractivity contribution in [1.29, 1.82) is 0 Å². The van der Waals surface area contributed by atoms with E-state index in [-0.39, 0.29) is 10.8 Å². The molecule has 0 spiro atoms. The van der Waals surface area contributed by atoms with E-state index in [1.807, 2.05) is 12.1 Å². The van der Waals surface area contributed by atoms with Gasteiger partial charge in [-0.25, -0.2) is 0 Å². The van der Waals surface area contributed by atoms with Crippen LogP contribution < -0.4 is 0 Å². The third kappa shape index (κ3) is 6.21. The van der Waals surface area contributed by atoms with Crippen LogP contribution in [-0.2, 0) is 29.4 Å². The van der Waals surface area contributed by atoms with Gasteiger partial charge in [-0.2, -0.15) is 0 Å². The molecule has 0 bridgehead atoms. The van der Waals surface area contributed by atoms with Gasteiger partial charge < -0.3 is 9.52 Å². The molecule has 1 aromatic heterocycles. The third-order valence-corrected chi connectivity index (χ3v) is 6.68. The number of phenolic OH excluding ortho intramolecular Hbond substituents is 1. The van der Waals surface area contributed by atoms with E-state index >= 15 is 0 Å². The van der Waals surface area contributed by atoms with Crippen LogP contribution in [0.2, 0.25) is 10.0 Å². The molecule has 0 saturated carbocycles. The Labute approximate surface area is 204 Å². The SMILES string of the molecule is CC(C)(C)c1cc(CCc2nnc(SCc3ccc(Cl)cc3Cl)o2)cc(C(C)(C)C)c1O. The summed E-state index contributed by atoms with van der Waals surface area (Å²) in [5.74, 6) is 1.61. The maximum Gasteiger partial charge on any atom is 0.276 e. The molecule has 0 radical (unpaired) electrons. The Morgan fingerprint density at radius 1 is 0.906 bits per heavy atom. The molecule has 1 heterocycles. The number of aromatic nitrogens is 2. The molecular weight excluding hydrogens is 463 g/mol. The Morgan fingerprint density at radius 3 is 2.09 bits per heavy atom. The van der Waals surface area contributed by atoms with E-state index in [2.05, 4.69) is 63.9 Å². The molecule has 3 aromatic rings. The standard InChI is InChI=1S/C25H30Cl2N2O2S/c1-24(2,3)18-11-15(12-19(22(18)30)25(4,5)6)7-10-21-28-29-23(31-21)32-14-16-8-9-17(26)13-20(16)27/h8-9,11-13,30H,7,10,14H2,1-6H3. The highest BCUT2D eigenvalue weighted by Crippen LogP contribution is 2.40. The smallest absolute Gasteiger partial charge is 0.276 e. The number of phenols is 1. The fraction of sp³-hybridized carbons (Fsp3) is 0.440. The van der Waals surface area contributed by atoms with Crippen molar-refractivity contribution >= 4 is 35.0 Å². The first-order valence-electron chi connectivity index (χ1n) is 10.6. The minimum atomic E-state index is -0.155. The Kier molecular flexibility index (Phi) is 7.53. The molecule has 2 aromatic carbocycles. The van der Waals surface area contributed by atoms with Gasteiger partial charge in [0.15, 0.2) is 0 Å². The lowest BCUT2D eigenvalue weighted by molar-refractivity contribution is 0.412. The number of rotatable bonds is 6. The van der Waals surface area contributed by atoms with Crippen LogP contribution in [0.15, 0.2) is 40.0 Å². The molecule has 0 unspecified atom stereocenters. The zero-order chi connectivity index (χ0) is 23.7. The van der Waals surface area contributed by atoms with Crippen molar-refractivity contribution in [2.75, 3.05) is 0 Å². The maximum atomic E-state index is 10.9. The van der Waals surface area contributed by atoms with E-state index in [4.69, 9.17) is 27.6 Å². The van der Waals surface area contributed by atoms with Gasteiger partial charge in [-0.15, -0.1) is 10.2 Å². The van der Waals surface area contributed by atoms with E-state index in [0.29, 0.717) is 39.1 Å². The zero-order valence-corrected chi connectivity index (χ0v) is 21.8. The number of hydrogen-bond acceptors (Lipinski definition) is 5. The average Bonchev–Trinajstić information content (AvgIpc) is 3.12. The number of halogens is 2. The van der Waals surface area contributed by atoms with Gasteiger partial charge in [0.2, 0.25) is 5.89 Å². The number of benzene rings is 2. The summed E-state index contributed by atoms with van der Waals surface area (Å²) in [7, 11) is 0. The molecule has 0 aliphatic rings. The Bertz CT molecular complexity index is 1060. The number of thioether (sulfide) groups is 1. The molecule has 0 saturated heterocycles. The molecule has 0 atom stereocenters. The van der Waals surface area contributed by atoms with Crippen LogP contribution in [0.5, 0.6) is 5.75 Å². The highest BCUT2D eigenvalue weighted by molar-refractivity contribution is 7.98. The van der Waals surface area contributed by atoms with Gasteiger partial charge in [0.25, 0.3) is 5.22 Å². The second kappa shape index (κ2) is 9.66. The number of aromatic hydroxyl groups is 1. The van der Waals surface area contributed by atoms with E-state index in [1.165, 1.54) is 11.8 Å². The molecule has 4 nitrogen and oxygen atoms in total. The van der Waals surface area contributed by atoms with E-state index in [9.17, 15) is 5.11 Å². The summed E-state index contributed by atoms with van der Waals surface area (Å²) in [5.41, 5.74) is 3.73. The summed E-state index contributed by atoms with van der Waals surface area (Å²) in [6, 6.07) is 9.64. The minimum absolute atomic E-state index is 0.155. The lowest BCUT2D eigenvalue weighted by Gasteiger charge is -2.28. The highest BCUT2D eigenvalue weighted by Gasteiger charge is 2.26. The quantitative estimate of drug-likeness (QED) is 0.356. The molecule has 0 fully saturated rings. The van der Waals surface area contributed by atoms with Crippen molar-refractivity contribution < 1.29 is 9.52 Å². The van der Waals surface area contributed by atoms with Crippen LogP contribution in [0.3, 0.4) is 0 Å².